The fraction of sp³-hybridized carbons (Fsp3) is 0.118. The molecule has 2 aromatic carbocycles. The first-order chi connectivity index (χ1) is 11.1. The third-order valence-corrected chi connectivity index (χ3v) is 3.88. The Hall–Kier alpha value is -2.66. The largest absolute Gasteiger partial charge is 0.493 e. The van der Waals surface area contributed by atoms with E-state index in [-0.39, 0.29) is 5.91 Å². The molecule has 0 aliphatic carbocycles. The van der Waals surface area contributed by atoms with E-state index in [0.717, 1.165) is 10.9 Å². The van der Waals surface area contributed by atoms with Gasteiger partial charge in [-0.25, -0.2) is 0 Å². The molecular formula is C17H15ClN2O3. The number of ether oxygens (including phenoxy) is 2. The number of methoxy groups -OCH3 is 2. The second-order valence-electron chi connectivity index (χ2n) is 4.89. The van der Waals surface area contributed by atoms with Gasteiger partial charge in [-0.3, -0.25) is 4.79 Å². The number of benzene rings is 2. The number of aromatic nitrogens is 1. The van der Waals surface area contributed by atoms with E-state index in [2.05, 4.69) is 10.3 Å². The Labute approximate surface area is 138 Å². The molecule has 0 saturated carbocycles. The van der Waals surface area contributed by atoms with E-state index in [0.29, 0.717) is 27.8 Å². The van der Waals surface area contributed by atoms with Gasteiger partial charge in [0.05, 0.1) is 36.0 Å². The number of anilines is 1. The molecule has 0 unspecified atom stereocenters. The van der Waals surface area contributed by atoms with Crippen LogP contribution in [-0.2, 0) is 0 Å². The molecule has 0 aliphatic rings. The highest BCUT2D eigenvalue weighted by Crippen LogP contribution is 2.33. The number of hydrogen-bond donors (Lipinski definition) is 2. The van der Waals surface area contributed by atoms with E-state index < -0.39 is 0 Å². The first kappa shape index (κ1) is 15.2. The number of amides is 1. The van der Waals surface area contributed by atoms with Crippen molar-refractivity contribution in [2.24, 2.45) is 0 Å². The topological polar surface area (TPSA) is 63.4 Å². The van der Waals surface area contributed by atoms with Crippen LogP contribution in [0.2, 0.25) is 5.02 Å². The molecule has 1 aromatic heterocycles. The highest BCUT2D eigenvalue weighted by atomic mass is 35.5. The number of carbonyl (C=O) groups is 1. The maximum Gasteiger partial charge on any atom is 0.257 e. The van der Waals surface area contributed by atoms with Gasteiger partial charge in [-0.1, -0.05) is 23.7 Å². The van der Waals surface area contributed by atoms with E-state index in [4.69, 9.17) is 21.1 Å². The summed E-state index contributed by atoms with van der Waals surface area (Å²) in [5.41, 5.74) is 1.85. The van der Waals surface area contributed by atoms with Crippen molar-refractivity contribution < 1.29 is 14.3 Å². The van der Waals surface area contributed by atoms with Crippen LogP contribution in [0.25, 0.3) is 10.9 Å². The van der Waals surface area contributed by atoms with Crippen molar-refractivity contribution in [3.8, 4) is 11.5 Å². The van der Waals surface area contributed by atoms with Gasteiger partial charge in [0, 0.05) is 17.6 Å². The Bertz CT molecular complexity index is 873. The summed E-state index contributed by atoms with van der Waals surface area (Å²) in [5.74, 6) is 0.905. The summed E-state index contributed by atoms with van der Waals surface area (Å²) in [5, 5.41) is 4.04. The van der Waals surface area contributed by atoms with E-state index >= 15 is 0 Å². The minimum Gasteiger partial charge on any atom is -0.493 e. The minimum absolute atomic E-state index is 0.253. The van der Waals surface area contributed by atoms with E-state index in [1.807, 2.05) is 6.07 Å². The SMILES string of the molecule is COc1cc2[nH]cc(C(=O)Nc3ccccc3Cl)c2cc1OC. The Morgan fingerprint density at radius 1 is 1.13 bits per heavy atom. The zero-order valence-corrected chi connectivity index (χ0v) is 13.4. The van der Waals surface area contributed by atoms with E-state index in [1.165, 1.54) is 0 Å². The van der Waals surface area contributed by atoms with Crippen molar-refractivity contribution in [2.75, 3.05) is 19.5 Å². The third-order valence-electron chi connectivity index (χ3n) is 3.55. The predicted octanol–water partition coefficient (Wildman–Crippen LogP) is 4.09. The number of fused-ring (bicyclic) bond motifs is 1. The fourth-order valence-electron chi connectivity index (χ4n) is 2.39. The summed E-state index contributed by atoms with van der Waals surface area (Å²) in [4.78, 5) is 15.6. The van der Waals surface area contributed by atoms with Crippen molar-refractivity contribution in [3.05, 3.63) is 53.2 Å². The maximum absolute atomic E-state index is 12.5. The van der Waals surface area contributed by atoms with Gasteiger partial charge in [0.1, 0.15) is 0 Å². The van der Waals surface area contributed by atoms with Gasteiger partial charge in [-0.2, -0.15) is 0 Å². The van der Waals surface area contributed by atoms with Crippen LogP contribution in [-0.4, -0.2) is 25.1 Å². The number of carbonyl (C=O) groups excluding carboxylic acids is 1. The van der Waals surface area contributed by atoms with Gasteiger partial charge >= 0.3 is 0 Å². The van der Waals surface area contributed by atoms with Gasteiger partial charge < -0.3 is 19.8 Å². The summed E-state index contributed by atoms with van der Waals surface area (Å²) in [7, 11) is 3.12. The fourth-order valence-corrected chi connectivity index (χ4v) is 2.57. The molecule has 0 spiro atoms. The third kappa shape index (κ3) is 2.83. The van der Waals surface area contributed by atoms with Gasteiger partial charge in [0.15, 0.2) is 11.5 Å². The lowest BCUT2D eigenvalue weighted by molar-refractivity contribution is 0.102. The molecule has 0 fully saturated rings. The van der Waals surface area contributed by atoms with Crippen LogP contribution in [0.3, 0.4) is 0 Å². The van der Waals surface area contributed by atoms with Crippen molar-refractivity contribution in [1.29, 1.82) is 0 Å². The molecule has 0 atom stereocenters. The van der Waals surface area contributed by atoms with E-state index in [9.17, 15) is 4.79 Å². The minimum atomic E-state index is -0.253. The van der Waals surface area contributed by atoms with Gasteiger partial charge in [-0.05, 0) is 18.2 Å². The summed E-state index contributed by atoms with van der Waals surface area (Å²) in [6.45, 7) is 0. The lowest BCUT2D eigenvalue weighted by Crippen LogP contribution is -2.11. The molecule has 23 heavy (non-hydrogen) atoms. The second-order valence-corrected chi connectivity index (χ2v) is 5.30. The predicted molar refractivity (Wildman–Crippen MR) is 90.8 cm³/mol. The molecule has 2 N–H and O–H groups in total. The Morgan fingerprint density at radius 2 is 1.83 bits per heavy atom. The molecule has 3 aromatic rings. The number of aromatic amines is 1. The normalized spacial score (nSPS) is 10.6. The highest BCUT2D eigenvalue weighted by molar-refractivity contribution is 6.34. The number of hydrogen-bond acceptors (Lipinski definition) is 3. The van der Waals surface area contributed by atoms with Crippen molar-refractivity contribution in [2.45, 2.75) is 0 Å². The number of halogens is 1. The summed E-state index contributed by atoms with van der Waals surface area (Å²) >= 11 is 6.08. The standard InChI is InChI=1S/C17H15ClN2O3/c1-22-15-7-10-11(9-19-14(10)8-16(15)23-2)17(21)20-13-6-4-3-5-12(13)18/h3-9,19H,1-2H3,(H,20,21). The van der Waals surface area contributed by atoms with Crippen LogP contribution in [0.5, 0.6) is 11.5 Å². The second kappa shape index (κ2) is 6.22. The lowest BCUT2D eigenvalue weighted by atomic mass is 10.1. The maximum atomic E-state index is 12.5. The molecule has 6 heteroatoms. The average molecular weight is 331 g/mol. The summed E-state index contributed by atoms with van der Waals surface area (Å²) < 4.78 is 10.6. The monoisotopic (exact) mass is 330 g/mol. The van der Waals surface area contributed by atoms with Crippen molar-refractivity contribution in [3.63, 3.8) is 0 Å². The Morgan fingerprint density at radius 3 is 2.52 bits per heavy atom. The van der Waals surface area contributed by atoms with E-state index in [1.54, 1.807) is 50.7 Å². The average Bonchev–Trinajstić information content (AvgIpc) is 2.98. The molecule has 0 aliphatic heterocycles. The smallest absolute Gasteiger partial charge is 0.257 e. The Kier molecular flexibility index (Phi) is 4.12. The molecule has 3 rings (SSSR count). The first-order valence-corrected chi connectivity index (χ1v) is 7.31. The van der Waals surface area contributed by atoms with Gasteiger partial charge in [0.2, 0.25) is 0 Å². The molecular weight excluding hydrogens is 316 g/mol. The molecule has 0 bridgehead atoms. The van der Waals surface area contributed by atoms with Crippen LogP contribution in [0.4, 0.5) is 5.69 Å². The zero-order valence-electron chi connectivity index (χ0n) is 12.6. The van der Waals surface area contributed by atoms with Crippen molar-refractivity contribution in [1.82, 2.24) is 4.98 Å². The number of H-pyrrole nitrogens is 1. The van der Waals surface area contributed by atoms with Crippen LogP contribution in [0.15, 0.2) is 42.6 Å². The van der Waals surface area contributed by atoms with Crippen LogP contribution >= 0.6 is 11.6 Å². The lowest BCUT2D eigenvalue weighted by Gasteiger charge is -2.09. The summed E-state index contributed by atoms with van der Waals surface area (Å²) in [6, 6.07) is 10.6. The Balaban J connectivity index is 1.99. The molecule has 1 amide bonds. The van der Waals surface area contributed by atoms with Crippen LogP contribution < -0.4 is 14.8 Å². The molecule has 0 radical (unpaired) electrons. The van der Waals surface area contributed by atoms with Crippen molar-refractivity contribution >= 4 is 34.1 Å². The quantitative estimate of drug-likeness (QED) is 0.757. The molecule has 1 heterocycles. The number of nitrogens with one attached hydrogen (secondary N) is 2. The molecule has 0 saturated heterocycles. The number of rotatable bonds is 4. The molecule has 118 valence electrons. The molecule has 5 nitrogen and oxygen atoms in total. The zero-order chi connectivity index (χ0) is 16.4. The van der Waals surface area contributed by atoms with Gasteiger partial charge in [0.25, 0.3) is 5.91 Å². The highest BCUT2D eigenvalue weighted by Gasteiger charge is 2.16. The number of para-hydroxylation sites is 1. The van der Waals surface area contributed by atoms with Crippen LogP contribution in [0.1, 0.15) is 10.4 Å². The summed E-state index contributed by atoms with van der Waals surface area (Å²) in [6.07, 6.45) is 1.65. The van der Waals surface area contributed by atoms with Gasteiger partial charge in [-0.15, -0.1) is 0 Å². The van der Waals surface area contributed by atoms with Crippen LogP contribution in [0, 0.1) is 0 Å². The first-order valence-electron chi connectivity index (χ1n) is 6.93.